The molecule has 0 atom stereocenters. The van der Waals surface area contributed by atoms with Gasteiger partial charge < -0.3 is 16.0 Å². The molecule has 0 radical (unpaired) electrons. The first kappa shape index (κ1) is 18.9. The molecule has 5 nitrogen and oxygen atoms in total. The molecule has 2 aromatic carbocycles. The van der Waals surface area contributed by atoms with Crippen molar-refractivity contribution in [3.05, 3.63) is 66.0 Å². The third-order valence-corrected chi connectivity index (χ3v) is 4.69. The lowest BCUT2D eigenvalue weighted by Gasteiger charge is -2.19. The van der Waals surface area contributed by atoms with Gasteiger partial charge in [0.2, 0.25) is 5.91 Å². The van der Waals surface area contributed by atoms with Gasteiger partial charge in [0.1, 0.15) is 12.4 Å². The molecule has 2 aromatic rings. The number of hydrogen-bond donors (Lipinski definition) is 3. The van der Waals surface area contributed by atoms with Gasteiger partial charge in [0, 0.05) is 24.2 Å². The van der Waals surface area contributed by atoms with Crippen LogP contribution in [0.1, 0.15) is 25.3 Å². The monoisotopic (exact) mass is 368 g/mol. The second-order valence-electron chi connectivity index (χ2n) is 6.75. The highest BCUT2D eigenvalue weighted by molar-refractivity contribution is 5.94. The zero-order valence-electron chi connectivity index (χ0n) is 15.5. The van der Waals surface area contributed by atoms with Gasteiger partial charge in [-0.05, 0) is 49.6 Å². The number of amides is 1. The highest BCUT2D eigenvalue weighted by atomic mass is 19.1. The summed E-state index contributed by atoms with van der Waals surface area (Å²) in [6, 6.07) is 16.1. The molecule has 0 aromatic heterocycles. The van der Waals surface area contributed by atoms with Crippen molar-refractivity contribution in [1.29, 1.82) is 0 Å². The van der Waals surface area contributed by atoms with Gasteiger partial charge in [-0.3, -0.25) is 4.79 Å². The maximum absolute atomic E-state index is 12.9. The number of anilines is 1. The Morgan fingerprint density at radius 2 is 1.78 bits per heavy atom. The van der Waals surface area contributed by atoms with Crippen molar-refractivity contribution in [2.75, 3.05) is 25.0 Å². The number of aliphatic imine (C=N–C) groups is 1. The van der Waals surface area contributed by atoms with Crippen LogP contribution in [0.5, 0.6) is 0 Å². The van der Waals surface area contributed by atoms with Crippen LogP contribution in [0.25, 0.3) is 0 Å². The molecule has 0 spiro atoms. The van der Waals surface area contributed by atoms with E-state index < -0.39 is 0 Å². The number of carbonyl (C=O) groups excluding carboxylic acids is 1. The van der Waals surface area contributed by atoms with Crippen LogP contribution in [0.15, 0.2) is 59.6 Å². The zero-order chi connectivity index (χ0) is 19.1. The summed E-state index contributed by atoms with van der Waals surface area (Å²) in [5, 5.41) is 9.24. The van der Waals surface area contributed by atoms with E-state index in [4.69, 9.17) is 0 Å². The largest absolute Gasteiger partial charge is 0.357 e. The molecule has 1 fully saturated rings. The molecule has 1 saturated carbocycles. The van der Waals surface area contributed by atoms with Gasteiger partial charge in [0.15, 0.2) is 5.96 Å². The third kappa shape index (κ3) is 5.29. The Morgan fingerprint density at radius 1 is 1.07 bits per heavy atom. The third-order valence-electron chi connectivity index (χ3n) is 4.69. The average molecular weight is 368 g/mol. The Kier molecular flexibility index (Phi) is 6.06. The number of carbonyl (C=O) groups is 1. The summed E-state index contributed by atoms with van der Waals surface area (Å²) < 4.78 is 12.9. The van der Waals surface area contributed by atoms with Gasteiger partial charge in [-0.2, -0.15) is 0 Å². The Hall–Kier alpha value is -2.89. The lowest BCUT2D eigenvalue weighted by molar-refractivity contribution is -0.114. The number of guanidine groups is 1. The molecule has 0 heterocycles. The van der Waals surface area contributed by atoms with Crippen molar-refractivity contribution in [2.45, 2.75) is 25.2 Å². The van der Waals surface area contributed by atoms with Crippen molar-refractivity contribution >= 4 is 17.6 Å². The summed E-state index contributed by atoms with van der Waals surface area (Å²) in [7, 11) is 0. The van der Waals surface area contributed by atoms with Crippen molar-refractivity contribution in [2.24, 2.45) is 4.99 Å². The Balaban J connectivity index is 1.55. The fraction of sp³-hybridized carbons (Fsp3) is 0.333. The summed E-state index contributed by atoms with van der Waals surface area (Å²) in [4.78, 5) is 16.4. The number of halogens is 1. The lowest BCUT2D eigenvalue weighted by atomic mass is 9.96. The molecule has 1 aliphatic carbocycles. The second-order valence-corrected chi connectivity index (χ2v) is 6.75. The van der Waals surface area contributed by atoms with Crippen LogP contribution >= 0.6 is 0 Å². The fourth-order valence-corrected chi connectivity index (χ4v) is 2.99. The van der Waals surface area contributed by atoms with Crippen molar-refractivity contribution in [3.8, 4) is 0 Å². The van der Waals surface area contributed by atoms with E-state index in [2.05, 4.69) is 45.2 Å². The van der Waals surface area contributed by atoms with Crippen LogP contribution in [0.2, 0.25) is 0 Å². The Morgan fingerprint density at radius 3 is 2.41 bits per heavy atom. The number of rotatable bonds is 7. The van der Waals surface area contributed by atoms with E-state index in [1.165, 1.54) is 29.8 Å². The standard InChI is InChI=1S/C21H25FN4O/c1-2-23-20(24-14-19(27)26-18-10-8-17(22)9-11-18)25-15-21(12-13-21)16-6-4-3-5-7-16/h3-11H,2,12-15H2,1H3,(H,26,27)(H2,23,24,25). The van der Waals surface area contributed by atoms with Gasteiger partial charge in [0.05, 0.1) is 0 Å². The maximum Gasteiger partial charge on any atom is 0.246 e. The summed E-state index contributed by atoms with van der Waals surface area (Å²) in [5.41, 5.74) is 2.05. The van der Waals surface area contributed by atoms with E-state index in [9.17, 15) is 9.18 Å². The molecular weight excluding hydrogens is 343 g/mol. The first-order chi connectivity index (χ1) is 13.1. The SMILES string of the molecule is CCNC(=NCC(=O)Nc1ccc(F)cc1)NCC1(c2ccccc2)CC1. The van der Waals surface area contributed by atoms with E-state index in [1.807, 2.05) is 13.0 Å². The Bertz CT molecular complexity index is 786. The molecule has 0 saturated heterocycles. The predicted molar refractivity (Wildman–Crippen MR) is 106 cm³/mol. The first-order valence-corrected chi connectivity index (χ1v) is 9.24. The first-order valence-electron chi connectivity index (χ1n) is 9.24. The Labute approximate surface area is 159 Å². The summed E-state index contributed by atoms with van der Waals surface area (Å²) >= 11 is 0. The average Bonchev–Trinajstić information content (AvgIpc) is 3.48. The van der Waals surface area contributed by atoms with E-state index >= 15 is 0 Å². The topological polar surface area (TPSA) is 65.5 Å². The van der Waals surface area contributed by atoms with Crippen LogP contribution in [0, 0.1) is 5.82 Å². The van der Waals surface area contributed by atoms with Crippen LogP contribution in [-0.2, 0) is 10.2 Å². The van der Waals surface area contributed by atoms with Crippen molar-refractivity contribution < 1.29 is 9.18 Å². The summed E-state index contributed by atoms with van der Waals surface area (Å²) in [5.74, 6) is 0.0361. The highest BCUT2D eigenvalue weighted by Crippen LogP contribution is 2.47. The molecule has 1 amide bonds. The number of nitrogens with one attached hydrogen (secondary N) is 3. The normalized spacial score (nSPS) is 15.1. The number of benzene rings is 2. The van der Waals surface area contributed by atoms with E-state index in [0.717, 1.165) is 19.4 Å². The molecule has 3 rings (SSSR count). The van der Waals surface area contributed by atoms with Gasteiger partial charge >= 0.3 is 0 Å². The molecule has 142 valence electrons. The van der Waals surface area contributed by atoms with Gasteiger partial charge in [0.25, 0.3) is 0 Å². The lowest BCUT2D eigenvalue weighted by Crippen LogP contribution is -2.41. The van der Waals surface area contributed by atoms with E-state index in [0.29, 0.717) is 18.2 Å². The van der Waals surface area contributed by atoms with Crippen molar-refractivity contribution in [1.82, 2.24) is 10.6 Å². The number of hydrogen-bond acceptors (Lipinski definition) is 2. The van der Waals surface area contributed by atoms with E-state index in [1.54, 1.807) is 0 Å². The van der Waals surface area contributed by atoms with Gasteiger partial charge in [-0.1, -0.05) is 30.3 Å². The molecule has 6 heteroatoms. The van der Waals surface area contributed by atoms with Crippen LogP contribution in [0.3, 0.4) is 0 Å². The predicted octanol–water partition coefficient (Wildman–Crippen LogP) is 3.05. The number of nitrogens with zero attached hydrogens (tertiary/aromatic N) is 1. The highest BCUT2D eigenvalue weighted by Gasteiger charge is 2.43. The molecular formula is C21H25FN4O. The van der Waals surface area contributed by atoms with Crippen LogP contribution < -0.4 is 16.0 Å². The van der Waals surface area contributed by atoms with Crippen LogP contribution in [-0.4, -0.2) is 31.5 Å². The molecule has 0 unspecified atom stereocenters. The molecule has 27 heavy (non-hydrogen) atoms. The summed E-state index contributed by atoms with van der Waals surface area (Å²) in [6.45, 7) is 3.47. The minimum atomic E-state index is -0.336. The van der Waals surface area contributed by atoms with E-state index in [-0.39, 0.29) is 23.7 Å². The zero-order valence-corrected chi connectivity index (χ0v) is 15.5. The molecule has 0 bridgehead atoms. The smallest absolute Gasteiger partial charge is 0.246 e. The van der Waals surface area contributed by atoms with Gasteiger partial charge in [-0.25, -0.2) is 9.38 Å². The minimum absolute atomic E-state index is 0.00888. The second kappa shape index (κ2) is 8.66. The minimum Gasteiger partial charge on any atom is -0.357 e. The molecule has 1 aliphatic rings. The maximum atomic E-state index is 12.9. The quantitative estimate of drug-likeness (QED) is 0.520. The van der Waals surface area contributed by atoms with Crippen LogP contribution in [0.4, 0.5) is 10.1 Å². The molecule has 3 N–H and O–H groups in total. The molecule has 0 aliphatic heterocycles. The van der Waals surface area contributed by atoms with Crippen molar-refractivity contribution in [3.63, 3.8) is 0 Å². The summed E-state index contributed by atoms with van der Waals surface area (Å²) in [6.07, 6.45) is 2.29. The van der Waals surface area contributed by atoms with Gasteiger partial charge in [-0.15, -0.1) is 0 Å². The fourth-order valence-electron chi connectivity index (χ4n) is 2.99.